The third-order valence-electron chi connectivity index (χ3n) is 1.42. The van der Waals surface area contributed by atoms with Crippen molar-refractivity contribution in [3.05, 3.63) is 20.8 Å². The van der Waals surface area contributed by atoms with Crippen molar-refractivity contribution in [2.24, 2.45) is 0 Å². The third kappa shape index (κ3) is 3.75. The van der Waals surface area contributed by atoms with Crippen molar-refractivity contribution in [3.63, 3.8) is 0 Å². The summed E-state index contributed by atoms with van der Waals surface area (Å²) >= 11 is 4.66. The number of thiophene rings is 1. The SMILES string of the molecule is O=C(O)COCC(O)c1ccc(Br)s1. The van der Waals surface area contributed by atoms with Gasteiger partial charge in [0.1, 0.15) is 12.7 Å². The highest BCUT2D eigenvalue weighted by molar-refractivity contribution is 9.11. The molecule has 0 radical (unpaired) electrons. The molecule has 0 aromatic carbocycles. The van der Waals surface area contributed by atoms with Crippen LogP contribution in [0.4, 0.5) is 0 Å². The molecule has 1 aromatic rings. The molecule has 1 atom stereocenters. The van der Waals surface area contributed by atoms with Crippen LogP contribution in [0.5, 0.6) is 0 Å². The zero-order chi connectivity index (χ0) is 10.6. The van der Waals surface area contributed by atoms with E-state index in [0.717, 1.165) is 8.66 Å². The zero-order valence-corrected chi connectivity index (χ0v) is 9.55. The van der Waals surface area contributed by atoms with Gasteiger partial charge in [-0.15, -0.1) is 11.3 Å². The van der Waals surface area contributed by atoms with Crippen LogP contribution in [-0.2, 0) is 9.53 Å². The molecule has 0 amide bonds. The predicted octanol–water partition coefficient (Wildman–Crippen LogP) is 1.65. The highest BCUT2D eigenvalue weighted by atomic mass is 79.9. The van der Waals surface area contributed by atoms with Crippen LogP contribution in [0.3, 0.4) is 0 Å². The average molecular weight is 281 g/mol. The fourth-order valence-electron chi connectivity index (χ4n) is 0.847. The number of aliphatic carboxylic acids is 1. The molecule has 0 aliphatic carbocycles. The van der Waals surface area contributed by atoms with E-state index in [1.54, 1.807) is 6.07 Å². The summed E-state index contributed by atoms with van der Waals surface area (Å²) in [5.74, 6) is -1.04. The van der Waals surface area contributed by atoms with Gasteiger partial charge in [0.2, 0.25) is 0 Å². The monoisotopic (exact) mass is 280 g/mol. The highest BCUT2D eigenvalue weighted by Crippen LogP contribution is 2.27. The van der Waals surface area contributed by atoms with Crippen molar-refractivity contribution in [1.29, 1.82) is 0 Å². The molecule has 0 bridgehead atoms. The van der Waals surface area contributed by atoms with Crippen LogP contribution < -0.4 is 0 Å². The topological polar surface area (TPSA) is 66.8 Å². The zero-order valence-electron chi connectivity index (χ0n) is 7.14. The fourth-order valence-corrected chi connectivity index (χ4v) is 2.24. The van der Waals surface area contributed by atoms with Gasteiger partial charge in [-0.2, -0.15) is 0 Å². The lowest BCUT2D eigenvalue weighted by molar-refractivity contribution is -0.143. The Morgan fingerprint density at radius 1 is 1.64 bits per heavy atom. The summed E-state index contributed by atoms with van der Waals surface area (Å²) in [5, 5.41) is 17.8. The largest absolute Gasteiger partial charge is 0.480 e. The number of hydrogen-bond acceptors (Lipinski definition) is 4. The van der Waals surface area contributed by atoms with Gasteiger partial charge in [-0.1, -0.05) is 0 Å². The Bertz CT molecular complexity index is 312. The third-order valence-corrected chi connectivity index (χ3v) is 3.15. The van der Waals surface area contributed by atoms with E-state index in [2.05, 4.69) is 15.9 Å². The van der Waals surface area contributed by atoms with Gasteiger partial charge in [0.15, 0.2) is 0 Å². The maximum Gasteiger partial charge on any atom is 0.329 e. The normalized spacial score (nSPS) is 12.7. The Balaban J connectivity index is 2.35. The second-order valence-corrected chi connectivity index (χ2v) is 5.06. The Hall–Kier alpha value is -0.430. The number of carboxylic acids is 1. The summed E-state index contributed by atoms with van der Waals surface area (Å²) in [6, 6.07) is 3.59. The summed E-state index contributed by atoms with van der Waals surface area (Å²) in [6.45, 7) is -0.386. The van der Waals surface area contributed by atoms with E-state index in [0.29, 0.717) is 0 Å². The Kier molecular flexibility index (Phi) is 4.53. The Labute approximate surface area is 93.3 Å². The maximum absolute atomic E-state index is 10.1. The first kappa shape index (κ1) is 11.6. The maximum atomic E-state index is 10.1. The molecule has 1 heterocycles. The van der Waals surface area contributed by atoms with E-state index >= 15 is 0 Å². The van der Waals surface area contributed by atoms with E-state index in [1.807, 2.05) is 6.07 Å². The van der Waals surface area contributed by atoms with Gasteiger partial charge in [-0.05, 0) is 28.1 Å². The first-order valence-corrected chi connectivity index (χ1v) is 5.43. The first-order valence-electron chi connectivity index (χ1n) is 3.82. The lowest BCUT2D eigenvalue weighted by Crippen LogP contribution is -2.12. The summed E-state index contributed by atoms with van der Waals surface area (Å²) in [7, 11) is 0. The Morgan fingerprint density at radius 3 is 2.86 bits per heavy atom. The molecule has 1 aromatic heterocycles. The number of ether oxygens (including phenoxy) is 1. The molecule has 6 heteroatoms. The van der Waals surface area contributed by atoms with Gasteiger partial charge in [0.25, 0.3) is 0 Å². The smallest absolute Gasteiger partial charge is 0.329 e. The van der Waals surface area contributed by atoms with E-state index in [4.69, 9.17) is 9.84 Å². The average Bonchev–Trinajstić information content (AvgIpc) is 2.51. The summed E-state index contributed by atoms with van der Waals surface area (Å²) in [6.07, 6.45) is -0.759. The minimum Gasteiger partial charge on any atom is -0.480 e. The van der Waals surface area contributed by atoms with Crippen molar-refractivity contribution in [3.8, 4) is 0 Å². The number of rotatable bonds is 5. The Morgan fingerprint density at radius 2 is 2.36 bits per heavy atom. The summed E-state index contributed by atoms with van der Waals surface area (Å²) in [5.41, 5.74) is 0. The van der Waals surface area contributed by atoms with Crippen molar-refractivity contribution in [2.45, 2.75) is 6.10 Å². The molecule has 1 rings (SSSR count). The van der Waals surface area contributed by atoms with Crippen LogP contribution in [0.25, 0.3) is 0 Å². The van der Waals surface area contributed by atoms with E-state index < -0.39 is 12.1 Å². The summed E-state index contributed by atoms with van der Waals surface area (Å²) in [4.78, 5) is 10.9. The minimum absolute atomic E-state index is 0.000741. The number of hydrogen-bond donors (Lipinski definition) is 2. The van der Waals surface area contributed by atoms with Crippen LogP contribution in [-0.4, -0.2) is 29.4 Å². The van der Waals surface area contributed by atoms with Crippen LogP contribution >= 0.6 is 27.3 Å². The number of carbonyl (C=O) groups is 1. The van der Waals surface area contributed by atoms with Crippen LogP contribution in [0.15, 0.2) is 15.9 Å². The quantitative estimate of drug-likeness (QED) is 0.861. The van der Waals surface area contributed by atoms with Gasteiger partial charge >= 0.3 is 5.97 Å². The molecule has 1 unspecified atom stereocenters. The molecule has 0 saturated carbocycles. The van der Waals surface area contributed by atoms with Gasteiger partial charge in [-0.3, -0.25) is 0 Å². The molecular formula is C8H9BrO4S. The lowest BCUT2D eigenvalue weighted by Gasteiger charge is -2.07. The van der Waals surface area contributed by atoms with Crippen molar-refractivity contribution >= 4 is 33.2 Å². The molecule has 0 saturated heterocycles. The van der Waals surface area contributed by atoms with Crippen LogP contribution in [0, 0.1) is 0 Å². The van der Waals surface area contributed by atoms with E-state index in [9.17, 15) is 9.90 Å². The van der Waals surface area contributed by atoms with E-state index in [-0.39, 0.29) is 13.2 Å². The molecule has 4 nitrogen and oxygen atoms in total. The molecule has 14 heavy (non-hydrogen) atoms. The van der Waals surface area contributed by atoms with Gasteiger partial charge in [-0.25, -0.2) is 4.79 Å². The lowest BCUT2D eigenvalue weighted by atomic mass is 10.3. The van der Waals surface area contributed by atoms with Crippen LogP contribution in [0.1, 0.15) is 11.0 Å². The van der Waals surface area contributed by atoms with Crippen LogP contribution in [0.2, 0.25) is 0 Å². The molecule has 0 aliphatic rings. The molecule has 2 N–H and O–H groups in total. The number of aliphatic hydroxyl groups excluding tert-OH is 1. The number of carboxylic acid groups (broad SMARTS) is 1. The molecule has 78 valence electrons. The van der Waals surface area contributed by atoms with Crippen molar-refractivity contribution in [1.82, 2.24) is 0 Å². The van der Waals surface area contributed by atoms with Crippen molar-refractivity contribution in [2.75, 3.05) is 13.2 Å². The predicted molar refractivity (Wildman–Crippen MR) is 55.4 cm³/mol. The number of halogens is 1. The van der Waals surface area contributed by atoms with Crippen molar-refractivity contribution < 1.29 is 19.7 Å². The van der Waals surface area contributed by atoms with E-state index in [1.165, 1.54) is 11.3 Å². The molecule has 0 spiro atoms. The fraction of sp³-hybridized carbons (Fsp3) is 0.375. The second-order valence-electron chi connectivity index (χ2n) is 2.57. The van der Waals surface area contributed by atoms with Gasteiger partial charge in [0.05, 0.1) is 10.4 Å². The molecule has 0 aliphatic heterocycles. The molecular weight excluding hydrogens is 272 g/mol. The first-order chi connectivity index (χ1) is 6.59. The second kappa shape index (κ2) is 5.45. The number of aliphatic hydroxyl groups is 1. The summed E-state index contributed by atoms with van der Waals surface area (Å²) < 4.78 is 5.68. The standard InChI is InChI=1S/C8H9BrO4S/c9-7-2-1-6(14-7)5(10)3-13-4-8(11)12/h1-2,5,10H,3-4H2,(H,11,12). The molecule has 0 fully saturated rings. The minimum atomic E-state index is -1.04. The van der Waals surface area contributed by atoms with Gasteiger partial charge < -0.3 is 14.9 Å². The van der Waals surface area contributed by atoms with Gasteiger partial charge in [0, 0.05) is 4.88 Å². The highest BCUT2D eigenvalue weighted by Gasteiger charge is 2.10.